The summed E-state index contributed by atoms with van der Waals surface area (Å²) in [6.07, 6.45) is 3.20. The minimum Gasteiger partial charge on any atom is -0.495 e. The average molecular weight is 465 g/mol. The molecule has 2 aromatic carbocycles. The lowest BCUT2D eigenvalue weighted by atomic mass is 9.96. The average Bonchev–Trinajstić information content (AvgIpc) is 2.79. The number of methoxy groups -OCH3 is 1. The highest BCUT2D eigenvalue weighted by atomic mass is 35.5. The zero-order valence-electron chi connectivity index (χ0n) is 17.3. The summed E-state index contributed by atoms with van der Waals surface area (Å²) in [6.45, 7) is 1.22. The first-order chi connectivity index (χ1) is 14.9. The van der Waals surface area contributed by atoms with E-state index in [1.54, 1.807) is 30.3 Å². The number of anilines is 1. The normalized spacial score (nSPS) is 19.2. The third-order valence-electron chi connectivity index (χ3n) is 5.66. The Labute approximate surface area is 187 Å². The van der Waals surface area contributed by atoms with Crippen LogP contribution in [0.3, 0.4) is 0 Å². The van der Waals surface area contributed by atoms with Crippen molar-refractivity contribution in [2.24, 2.45) is 5.92 Å². The van der Waals surface area contributed by atoms with Gasteiger partial charge in [-0.15, -0.1) is 0 Å². The molecule has 1 amide bonds. The van der Waals surface area contributed by atoms with Gasteiger partial charge in [0.05, 0.1) is 13.0 Å². The van der Waals surface area contributed by atoms with Gasteiger partial charge in [-0.1, -0.05) is 18.0 Å². The van der Waals surface area contributed by atoms with E-state index in [0.717, 1.165) is 30.6 Å². The molecule has 2 aliphatic heterocycles. The van der Waals surface area contributed by atoms with Crippen molar-refractivity contribution in [3.05, 3.63) is 47.0 Å². The monoisotopic (exact) mass is 464 g/mol. The summed E-state index contributed by atoms with van der Waals surface area (Å²) in [4.78, 5) is 12.9. The van der Waals surface area contributed by atoms with Crippen LogP contribution in [-0.4, -0.2) is 45.4 Å². The molecule has 2 aliphatic rings. The maximum atomic E-state index is 13.2. The Balaban J connectivity index is 1.54. The molecule has 2 aromatic rings. The van der Waals surface area contributed by atoms with E-state index in [1.165, 1.54) is 17.5 Å². The maximum absolute atomic E-state index is 13.2. The lowest BCUT2D eigenvalue weighted by Gasteiger charge is -2.27. The lowest BCUT2D eigenvalue weighted by Crippen LogP contribution is -2.36. The van der Waals surface area contributed by atoms with Crippen LogP contribution in [0, 0.1) is 5.92 Å². The van der Waals surface area contributed by atoms with Crippen LogP contribution in [0.2, 0.25) is 5.02 Å². The zero-order valence-corrected chi connectivity index (χ0v) is 18.8. The topological polar surface area (TPSA) is 84.9 Å². The number of piperidine rings is 1. The summed E-state index contributed by atoms with van der Waals surface area (Å²) < 4.78 is 38.8. The second-order valence-corrected chi connectivity index (χ2v) is 10.1. The molecule has 9 heteroatoms. The molecule has 0 spiro atoms. The summed E-state index contributed by atoms with van der Waals surface area (Å²) in [5, 5.41) is 3.42. The van der Waals surface area contributed by atoms with Gasteiger partial charge in [-0.2, -0.15) is 4.31 Å². The quantitative estimate of drug-likeness (QED) is 0.729. The molecule has 31 heavy (non-hydrogen) atoms. The first-order valence-corrected chi connectivity index (χ1v) is 12.1. The smallest absolute Gasteiger partial charge is 0.246 e. The maximum Gasteiger partial charge on any atom is 0.246 e. The Kier molecular flexibility index (Phi) is 6.41. The molecule has 0 aliphatic carbocycles. The number of benzene rings is 2. The molecule has 4 rings (SSSR count). The number of amides is 1. The van der Waals surface area contributed by atoms with E-state index < -0.39 is 15.9 Å². The van der Waals surface area contributed by atoms with Crippen molar-refractivity contribution in [2.75, 3.05) is 32.1 Å². The van der Waals surface area contributed by atoms with Gasteiger partial charge in [0.1, 0.15) is 23.0 Å². The van der Waals surface area contributed by atoms with Crippen LogP contribution in [0.25, 0.3) is 0 Å². The van der Waals surface area contributed by atoms with Crippen molar-refractivity contribution in [3.63, 3.8) is 0 Å². The summed E-state index contributed by atoms with van der Waals surface area (Å²) >= 11 is 6.06. The number of hydrogen-bond donors (Lipinski definition) is 1. The summed E-state index contributed by atoms with van der Waals surface area (Å²) in [5.41, 5.74) is 1.28. The first kappa shape index (κ1) is 21.9. The van der Waals surface area contributed by atoms with Crippen LogP contribution in [-0.2, 0) is 21.2 Å². The predicted octanol–water partition coefficient (Wildman–Crippen LogP) is 3.71. The minimum atomic E-state index is -3.72. The predicted molar refractivity (Wildman–Crippen MR) is 118 cm³/mol. The fraction of sp³-hybridized carbons (Fsp3) is 0.409. The highest BCUT2D eigenvalue weighted by Crippen LogP contribution is 2.33. The second-order valence-electron chi connectivity index (χ2n) is 7.78. The molecule has 166 valence electrons. The molecule has 7 nitrogen and oxygen atoms in total. The van der Waals surface area contributed by atoms with Gasteiger partial charge >= 0.3 is 0 Å². The molecule has 0 saturated carbocycles. The summed E-state index contributed by atoms with van der Waals surface area (Å²) in [5.74, 6) is 0.341. The van der Waals surface area contributed by atoms with Crippen molar-refractivity contribution >= 4 is 33.2 Å². The standard InChI is InChI=1S/C22H25ClN2O5S/c1-29-20-8-6-18(13-21(20)31(27,28)25-9-3-2-4-10-25)24-22(26)16-11-15-12-17(23)5-7-19(15)30-14-16/h5-8,12-13,16H,2-4,9-11,14H2,1H3,(H,24,26). The Morgan fingerprint density at radius 1 is 1.16 bits per heavy atom. The Morgan fingerprint density at radius 2 is 1.94 bits per heavy atom. The third-order valence-corrected chi connectivity index (χ3v) is 7.82. The number of rotatable bonds is 5. The van der Waals surface area contributed by atoms with Gasteiger partial charge < -0.3 is 14.8 Å². The fourth-order valence-electron chi connectivity index (χ4n) is 3.98. The van der Waals surface area contributed by atoms with Crippen LogP contribution in [0.4, 0.5) is 5.69 Å². The largest absolute Gasteiger partial charge is 0.495 e. The highest BCUT2D eigenvalue weighted by Gasteiger charge is 2.30. The van der Waals surface area contributed by atoms with E-state index in [4.69, 9.17) is 21.1 Å². The van der Waals surface area contributed by atoms with E-state index in [1.807, 2.05) is 0 Å². The van der Waals surface area contributed by atoms with Gasteiger partial charge in [0, 0.05) is 23.8 Å². The minimum absolute atomic E-state index is 0.0618. The summed E-state index contributed by atoms with van der Waals surface area (Å²) in [7, 11) is -2.28. The molecule has 1 saturated heterocycles. The van der Waals surface area contributed by atoms with Gasteiger partial charge in [-0.05, 0) is 61.2 Å². The molecule has 0 aromatic heterocycles. The van der Waals surface area contributed by atoms with Crippen LogP contribution < -0.4 is 14.8 Å². The van der Waals surface area contributed by atoms with E-state index in [2.05, 4.69) is 5.32 Å². The van der Waals surface area contributed by atoms with Gasteiger partial charge in [-0.25, -0.2) is 8.42 Å². The van der Waals surface area contributed by atoms with Crippen LogP contribution in [0.1, 0.15) is 24.8 Å². The van der Waals surface area contributed by atoms with E-state index in [0.29, 0.717) is 30.2 Å². The number of sulfonamides is 1. The van der Waals surface area contributed by atoms with E-state index in [9.17, 15) is 13.2 Å². The fourth-order valence-corrected chi connectivity index (χ4v) is 5.87. The Bertz CT molecular complexity index is 1080. The number of nitrogens with zero attached hydrogens (tertiary/aromatic N) is 1. The van der Waals surface area contributed by atoms with Gasteiger partial charge in [0.25, 0.3) is 0 Å². The van der Waals surface area contributed by atoms with Gasteiger partial charge in [0.2, 0.25) is 15.9 Å². The number of nitrogens with one attached hydrogen (secondary N) is 1. The Morgan fingerprint density at radius 3 is 2.68 bits per heavy atom. The number of ether oxygens (including phenoxy) is 2. The molecule has 1 N–H and O–H groups in total. The van der Waals surface area contributed by atoms with Crippen LogP contribution in [0.15, 0.2) is 41.3 Å². The molecule has 1 fully saturated rings. The highest BCUT2D eigenvalue weighted by molar-refractivity contribution is 7.89. The number of fused-ring (bicyclic) bond motifs is 1. The van der Waals surface area contributed by atoms with Crippen molar-refractivity contribution in [1.82, 2.24) is 4.31 Å². The van der Waals surface area contributed by atoms with Crippen molar-refractivity contribution in [3.8, 4) is 11.5 Å². The van der Waals surface area contributed by atoms with Crippen LogP contribution in [0.5, 0.6) is 11.5 Å². The third kappa shape index (κ3) is 4.66. The number of carbonyl (C=O) groups is 1. The molecule has 2 heterocycles. The van der Waals surface area contributed by atoms with Crippen molar-refractivity contribution in [1.29, 1.82) is 0 Å². The Hall–Kier alpha value is -2.29. The van der Waals surface area contributed by atoms with Gasteiger partial charge in [0.15, 0.2) is 0 Å². The lowest BCUT2D eigenvalue weighted by molar-refractivity contribution is -0.121. The van der Waals surface area contributed by atoms with E-state index in [-0.39, 0.29) is 23.2 Å². The first-order valence-electron chi connectivity index (χ1n) is 10.3. The van der Waals surface area contributed by atoms with Gasteiger partial charge in [-0.3, -0.25) is 4.79 Å². The molecule has 0 radical (unpaired) electrons. The van der Waals surface area contributed by atoms with Crippen molar-refractivity contribution < 1.29 is 22.7 Å². The molecular formula is C22H25ClN2O5S. The number of carbonyl (C=O) groups excluding carboxylic acids is 1. The van der Waals surface area contributed by atoms with Crippen molar-refractivity contribution in [2.45, 2.75) is 30.6 Å². The summed E-state index contributed by atoms with van der Waals surface area (Å²) in [6, 6.07) is 10.0. The molecule has 0 bridgehead atoms. The molecule has 1 atom stereocenters. The molecule has 1 unspecified atom stereocenters. The van der Waals surface area contributed by atoms with E-state index >= 15 is 0 Å². The SMILES string of the molecule is COc1ccc(NC(=O)C2COc3ccc(Cl)cc3C2)cc1S(=O)(=O)N1CCCCC1. The second kappa shape index (κ2) is 9.06. The molecular weight excluding hydrogens is 440 g/mol. The van der Waals surface area contributed by atoms with Crippen LogP contribution >= 0.6 is 11.6 Å². The zero-order chi connectivity index (χ0) is 22.0. The number of halogens is 1. The number of hydrogen-bond acceptors (Lipinski definition) is 5.